The van der Waals surface area contributed by atoms with E-state index in [0.29, 0.717) is 6.42 Å². The molecule has 0 unspecified atom stereocenters. The Bertz CT molecular complexity index is 415. The molecule has 17 heavy (non-hydrogen) atoms. The minimum atomic E-state index is -1.35. The third-order valence-electron chi connectivity index (χ3n) is 2.25. The van der Waals surface area contributed by atoms with Gasteiger partial charge < -0.3 is 5.11 Å². The molecule has 2 N–H and O–H groups in total. The van der Waals surface area contributed by atoms with Crippen LogP contribution in [-0.2, 0) is 11.2 Å². The number of hydrogen-bond acceptors (Lipinski definition) is 2. The lowest BCUT2D eigenvalue weighted by molar-refractivity contribution is -0.129. The Hall–Kier alpha value is -1.97. The van der Waals surface area contributed by atoms with E-state index in [1.54, 1.807) is 0 Å². The summed E-state index contributed by atoms with van der Waals surface area (Å²) in [4.78, 5) is 10.3. The molecule has 3 nitrogen and oxygen atoms in total. The Morgan fingerprint density at radius 1 is 1.41 bits per heavy atom. The van der Waals surface area contributed by atoms with Crippen LogP contribution in [0.25, 0.3) is 0 Å². The summed E-state index contributed by atoms with van der Waals surface area (Å²) in [7, 11) is 0. The SMILES string of the molecule is N=C(/C=C/[C@H](F)CCc1ccccc1)C(=O)O. The number of carbonyl (C=O) groups is 1. The van der Waals surface area contributed by atoms with Gasteiger partial charge in [-0.1, -0.05) is 30.3 Å². The fourth-order valence-electron chi connectivity index (χ4n) is 1.32. The molecule has 0 aromatic heterocycles. The van der Waals surface area contributed by atoms with E-state index in [9.17, 15) is 9.18 Å². The summed E-state index contributed by atoms with van der Waals surface area (Å²) >= 11 is 0. The molecule has 0 saturated carbocycles. The van der Waals surface area contributed by atoms with Gasteiger partial charge in [0.1, 0.15) is 11.9 Å². The molecule has 0 fully saturated rings. The zero-order chi connectivity index (χ0) is 12.7. The lowest BCUT2D eigenvalue weighted by atomic mass is 10.1. The molecule has 0 heterocycles. The van der Waals surface area contributed by atoms with Crippen LogP contribution in [-0.4, -0.2) is 23.0 Å². The number of rotatable bonds is 6. The van der Waals surface area contributed by atoms with Crippen molar-refractivity contribution in [2.75, 3.05) is 0 Å². The maximum Gasteiger partial charge on any atom is 0.353 e. The van der Waals surface area contributed by atoms with Crippen LogP contribution in [0, 0.1) is 5.41 Å². The third kappa shape index (κ3) is 5.06. The van der Waals surface area contributed by atoms with Crippen LogP contribution >= 0.6 is 0 Å². The first-order valence-electron chi connectivity index (χ1n) is 5.27. The summed E-state index contributed by atoms with van der Waals surface area (Å²) in [5.41, 5.74) is 0.434. The number of aliphatic carboxylic acids is 1. The second-order valence-electron chi connectivity index (χ2n) is 3.62. The molecule has 1 atom stereocenters. The molecule has 1 aromatic rings. The van der Waals surface area contributed by atoms with Crippen molar-refractivity contribution < 1.29 is 14.3 Å². The van der Waals surface area contributed by atoms with Crippen molar-refractivity contribution in [1.82, 2.24) is 0 Å². The van der Waals surface area contributed by atoms with E-state index in [-0.39, 0.29) is 6.42 Å². The Morgan fingerprint density at radius 2 is 2.06 bits per heavy atom. The molecule has 0 radical (unpaired) electrons. The first-order chi connectivity index (χ1) is 8.09. The minimum absolute atomic E-state index is 0.285. The van der Waals surface area contributed by atoms with Gasteiger partial charge in [0.25, 0.3) is 0 Å². The quantitative estimate of drug-likeness (QED) is 0.744. The largest absolute Gasteiger partial charge is 0.477 e. The predicted octanol–water partition coefficient (Wildman–Crippen LogP) is 2.62. The van der Waals surface area contributed by atoms with Crippen LogP contribution in [0.3, 0.4) is 0 Å². The van der Waals surface area contributed by atoms with Crippen molar-refractivity contribution in [2.45, 2.75) is 19.0 Å². The normalized spacial score (nSPS) is 12.5. The van der Waals surface area contributed by atoms with E-state index in [0.717, 1.165) is 17.7 Å². The first kappa shape index (κ1) is 13.1. The average molecular weight is 235 g/mol. The smallest absolute Gasteiger partial charge is 0.353 e. The number of halogens is 1. The standard InChI is InChI=1S/C13H14FNO2/c14-11(8-9-12(15)13(16)17)7-6-10-4-2-1-3-5-10/h1-5,8-9,11,15H,6-7H2,(H,16,17)/b9-8+,15-12?/t11-/m1/s1. The molecule has 0 saturated heterocycles. The van der Waals surface area contributed by atoms with Crippen molar-refractivity contribution >= 4 is 11.7 Å². The summed E-state index contributed by atoms with van der Waals surface area (Å²) in [6.07, 6.45) is 1.74. The molecular formula is C13H14FNO2. The molecule has 0 aliphatic carbocycles. The average Bonchev–Trinajstić information content (AvgIpc) is 2.34. The molecular weight excluding hydrogens is 221 g/mol. The van der Waals surface area contributed by atoms with Gasteiger partial charge in [-0.25, -0.2) is 9.18 Å². The molecule has 0 bridgehead atoms. The molecule has 1 rings (SSSR count). The van der Waals surface area contributed by atoms with E-state index in [1.807, 2.05) is 30.3 Å². The number of nitrogens with one attached hydrogen (secondary N) is 1. The number of hydrogen-bond donors (Lipinski definition) is 2. The van der Waals surface area contributed by atoms with Crippen molar-refractivity contribution in [1.29, 1.82) is 5.41 Å². The number of carboxylic acid groups (broad SMARTS) is 1. The number of allylic oxidation sites excluding steroid dienone is 1. The Kier molecular flexibility index (Phi) is 5.07. The van der Waals surface area contributed by atoms with Crippen LogP contribution in [0.15, 0.2) is 42.5 Å². The van der Waals surface area contributed by atoms with Gasteiger partial charge >= 0.3 is 5.97 Å². The molecule has 0 aliphatic rings. The van der Waals surface area contributed by atoms with Crippen molar-refractivity contribution in [3.63, 3.8) is 0 Å². The zero-order valence-corrected chi connectivity index (χ0v) is 9.27. The molecule has 0 spiro atoms. The van der Waals surface area contributed by atoms with Crippen molar-refractivity contribution in [2.24, 2.45) is 0 Å². The lowest BCUT2D eigenvalue weighted by Gasteiger charge is -2.03. The van der Waals surface area contributed by atoms with Crippen LogP contribution in [0.4, 0.5) is 4.39 Å². The van der Waals surface area contributed by atoms with E-state index in [4.69, 9.17) is 10.5 Å². The summed E-state index contributed by atoms with van der Waals surface area (Å²) < 4.78 is 13.3. The van der Waals surface area contributed by atoms with E-state index < -0.39 is 17.9 Å². The van der Waals surface area contributed by atoms with Crippen molar-refractivity contribution in [3.05, 3.63) is 48.0 Å². The molecule has 90 valence electrons. The number of benzene rings is 1. The maximum absolute atomic E-state index is 13.3. The predicted molar refractivity (Wildman–Crippen MR) is 64.2 cm³/mol. The fraction of sp³-hybridized carbons (Fsp3) is 0.231. The second-order valence-corrected chi connectivity index (χ2v) is 3.62. The molecule has 1 aromatic carbocycles. The summed E-state index contributed by atoms with van der Waals surface area (Å²) in [5, 5.41) is 15.4. The van der Waals surface area contributed by atoms with Gasteiger partial charge in [0, 0.05) is 0 Å². The molecule has 0 amide bonds. The van der Waals surface area contributed by atoms with E-state index in [1.165, 1.54) is 0 Å². The van der Waals surface area contributed by atoms with Gasteiger partial charge in [-0.2, -0.15) is 0 Å². The van der Waals surface area contributed by atoms with Crippen LogP contribution in [0.2, 0.25) is 0 Å². The van der Waals surface area contributed by atoms with Gasteiger partial charge in [-0.3, -0.25) is 5.41 Å². The Morgan fingerprint density at radius 3 is 2.65 bits per heavy atom. The zero-order valence-electron chi connectivity index (χ0n) is 9.27. The van der Waals surface area contributed by atoms with Crippen LogP contribution in [0.1, 0.15) is 12.0 Å². The van der Waals surface area contributed by atoms with Gasteiger partial charge in [0.2, 0.25) is 0 Å². The second kappa shape index (κ2) is 6.58. The maximum atomic E-state index is 13.3. The molecule has 0 aliphatic heterocycles. The Balaban J connectivity index is 2.38. The van der Waals surface area contributed by atoms with Crippen LogP contribution in [0.5, 0.6) is 0 Å². The minimum Gasteiger partial charge on any atom is -0.477 e. The number of carboxylic acids is 1. The Labute approximate surface area is 99.1 Å². The summed E-state index contributed by atoms with van der Waals surface area (Å²) in [6, 6.07) is 9.49. The topological polar surface area (TPSA) is 61.2 Å². The highest BCUT2D eigenvalue weighted by Gasteiger charge is 2.05. The van der Waals surface area contributed by atoms with Gasteiger partial charge in [0.15, 0.2) is 0 Å². The van der Waals surface area contributed by atoms with Crippen LogP contribution < -0.4 is 0 Å². The van der Waals surface area contributed by atoms with E-state index >= 15 is 0 Å². The lowest BCUT2D eigenvalue weighted by Crippen LogP contribution is -2.09. The first-order valence-corrected chi connectivity index (χ1v) is 5.27. The van der Waals surface area contributed by atoms with Crippen molar-refractivity contribution in [3.8, 4) is 0 Å². The number of alkyl halides is 1. The molecule has 4 heteroatoms. The van der Waals surface area contributed by atoms with Gasteiger partial charge in [-0.05, 0) is 30.6 Å². The van der Waals surface area contributed by atoms with Gasteiger partial charge in [-0.15, -0.1) is 0 Å². The fourth-order valence-corrected chi connectivity index (χ4v) is 1.32. The highest BCUT2D eigenvalue weighted by molar-refractivity contribution is 6.38. The third-order valence-corrected chi connectivity index (χ3v) is 2.25. The summed E-state index contributed by atoms with van der Waals surface area (Å²) in [6.45, 7) is 0. The van der Waals surface area contributed by atoms with E-state index in [2.05, 4.69) is 0 Å². The van der Waals surface area contributed by atoms with Gasteiger partial charge in [0.05, 0.1) is 0 Å². The monoisotopic (exact) mass is 235 g/mol. The summed E-state index contributed by atoms with van der Waals surface area (Å²) in [5.74, 6) is -1.35. The highest BCUT2D eigenvalue weighted by Crippen LogP contribution is 2.08. The number of aryl methyl sites for hydroxylation is 1. The highest BCUT2D eigenvalue weighted by atomic mass is 19.1.